The molecule has 9 aromatic carbocycles. The van der Waals surface area contributed by atoms with Gasteiger partial charge in [-0.05, 0) is 98.6 Å². The first-order chi connectivity index (χ1) is 27.7. The lowest BCUT2D eigenvalue weighted by Crippen LogP contribution is -2.28. The molecule has 0 radical (unpaired) electrons. The Kier molecular flexibility index (Phi) is 7.55. The molecule has 0 spiro atoms. The minimum absolute atomic E-state index is 0.520. The molecule has 0 unspecified atom stereocenters. The summed E-state index contributed by atoms with van der Waals surface area (Å²) in [4.78, 5) is 2.55. The quantitative estimate of drug-likeness (QED) is 0.165. The zero-order valence-electron chi connectivity index (χ0n) is 31.0. The van der Waals surface area contributed by atoms with Gasteiger partial charge in [-0.2, -0.15) is 0 Å². The summed E-state index contributed by atoms with van der Waals surface area (Å²) in [5, 5.41) is 5.01. The molecule has 0 saturated carbocycles. The summed E-state index contributed by atoms with van der Waals surface area (Å²) in [6.07, 6.45) is 0. The average Bonchev–Trinajstić information content (AvgIpc) is 3.79. The van der Waals surface area contributed by atoms with Crippen molar-refractivity contribution in [2.75, 3.05) is 4.90 Å². The maximum atomic E-state index is 2.55. The van der Waals surface area contributed by atoms with E-state index < -0.39 is 5.41 Å². The molecular weight excluding hydrogens is 695 g/mol. The monoisotopic (exact) mass is 731 g/mol. The van der Waals surface area contributed by atoms with Crippen LogP contribution in [-0.4, -0.2) is 0 Å². The Labute approximate surface area is 331 Å². The zero-order chi connectivity index (χ0) is 37.2. The van der Waals surface area contributed by atoms with Gasteiger partial charge in [0.25, 0.3) is 0 Å². The van der Waals surface area contributed by atoms with E-state index in [1.54, 1.807) is 0 Å². The lowest BCUT2D eigenvalue weighted by Gasteiger charge is -2.35. The van der Waals surface area contributed by atoms with E-state index in [1.807, 2.05) is 11.3 Å². The Balaban J connectivity index is 1.28. The molecule has 56 heavy (non-hydrogen) atoms. The summed E-state index contributed by atoms with van der Waals surface area (Å²) in [5.41, 5.74) is 14.4. The molecule has 1 aliphatic carbocycles. The lowest BCUT2D eigenvalue weighted by molar-refractivity contribution is 0.768. The molecule has 0 saturated heterocycles. The van der Waals surface area contributed by atoms with Crippen LogP contribution in [0.4, 0.5) is 17.1 Å². The van der Waals surface area contributed by atoms with E-state index in [0.717, 1.165) is 11.4 Å². The standard InChI is InChI=1S/C54H37NS/c1-36-17-15-27-45-51(36)43-33-32-41(35-46(43)54(45,39-21-7-3-8-22-39)40-23-9-4-10-24-40)55(47-28-16-30-50-53(47)44-26-13-14-29-49(44)56-50)48-34-31-37-18-11-12-25-42(37)52(48)38-19-5-2-6-20-38/h2-35H,1H3. The molecule has 264 valence electrons. The number of fused-ring (bicyclic) bond motifs is 7. The Hall–Kier alpha value is -6.74. The molecule has 1 aliphatic rings. The summed E-state index contributed by atoms with van der Waals surface area (Å²) in [5.74, 6) is 0. The van der Waals surface area contributed by atoms with Crippen LogP contribution in [0.25, 0.3) is 53.2 Å². The average molecular weight is 732 g/mol. The molecule has 0 N–H and O–H groups in total. The van der Waals surface area contributed by atoms with Crippen LogP contribution >= 0.6 is 11.3 Å². The van der Waals surface area contributed by atoms with E-state index in [9.17, 15) is 0 Å². The first-order valence-corrected chi connectivity index (χ1v) is 20.2. The van der Waals surface area contributed by atoms with E-state index in [2.05, 4.69) is 218 Å². The number of nitrogens with zero attached hydrogens (tertiary/aromatic N) is 1. The second-order valence-corrected chi connectivity index (χ2v) is 15.9. The number of thiophene rings is 1. The van der Waals surface area contributed by atoms with Crippen molar-refractivity contribution in [1.29, 1.82) is 0 Å². The molecule has 0 fully saturated rings. The molecule has 11 rings (SSSR count). The molecule has 1 aromatic heterocycles. The molecular formula is C54H37NS. The van der Waals surface area contributed by atoms with Crippen LogP contribution in [-0.2, 0) is 5.41 Å². The van der Waals surface area contributed by atoms with Crippen molar-refractivity contribution in [1.82, 2.24) is 0 Å². The molecule has 10 aromatic rings. The summed E-state index contributed by atoms with van der Waals surface area (Å²) in [7, 11) is 0. The summed E-state index contributed by atoms with van der Waals surface area (Å²) in [6.45, 7) is 2.26. The van der Waals surface area contributed by atoms with Gasteiger partial charge in [0.2, 0.25) is 0 Å². The topological polar surface area (TPSA) is 3.24 Å². The molecule has 0 aliphatic heterocycles. The fourth-order valence-corrected chi connectivity index (χ4v) is 10.7. The highest BCUT2D eigenvalue weighted by molar-refractivity contribution is 7.26. The predicted molar refractivity (Wildman–Crippen MR) is 239 cm³/mol. The first kappa shape index (κ1) is 32.7. The zero-order valence-corrected chi connectivity index (χ0v) is 31.8. The highest BCUT2D eigenvalue weighted by Gasteiger charge is 2.47. The highest BCUT2D eigenvalue weighted by atomic mass is 32.1. The van der Waals surface area contributed by atoms with E-state index in [4.69, 9.17) is 0 Å². The van der Waals surface area contributed by atoms with E-state index in [1.165, 1.54) is 86.7 Å². The van der Waals surface area contributed by atoms with Crippen molar-refractivity contribution in [2.24, 2.45) is 0 Å². The number of hydrogen-bond acceptors (Lipinski definition) is 2. The SMILES string of the molecule is Cc1cccc2c1-c1ccc(N(c3ccc4ccccc4c3-c3ccccc3)c3cccc4sc5ccccc5c34)cc1C2(c1ccccc1)c1ccccc1. The third-order valence-corrected chi connectivity index (χ3v) is 13.0. The third kappa shape index (κ3) is 4.79. The van der Waals surface area contributed by atoms with Gasteiger partial charge in [-0.25, -0.2) is 0 Å². The van der Waals surface area contributed by atoms with E-state index in [0.29, 0.717) is 0 Å². The molecule has 0 amide bonds. The fraction of sp³-hybridized carbons (Fsp3) is 0.0370. The van der Waals surface area contributed by atoms with Crippen LogP contribution in [0.5, 0.6) is 0 Å². The molecule has 1 heterocycles. The lowest BCUT2D eigenvalue weighted by atomic mass is 9.67. The van der Waals surface area contributed by atoms with Gasteiger partial charge < -0.3 is 4.90 Å². The number of rotatable bonds is 6. The van der Waals surface area contributed by atoms with Crippen molar-refractivity contribution in [3.05, 3.63) is 234 Å². The second kappa shape index (κ2) is 12.9. The van der Waals surface area contributed by atoms with Crippen molar-refractivity contribution < 1.29 is 0 Å². The highest BCUT2D eigenvalue weighted by Crippen LogP contribution is 2.59. The van der Waals surface area contributed by atoms with E-state index >= 15 is 0 Å². The smallest absolute Gasteiger partial charge is 0.0714 e. The van der Waals surface area contributed by atoms with Crippen LogP contribution in [0.2, 0.25) is 0 Å². The Bertz CT molecular complexity index is 3050. The van der Waals surface area contributed by atoms with E-state index in [-0.39, 0.29) is 0 Å². The maximum Gasteiger partial charge on any atom is 0.0714 e. The summed E-state index contributed by atoms with van der Waals surface area (Å²) in [6, 6.07) is 76.4. The van der Waals surface area contributed by atoms with Crippen LogP contribution in [0.1, 0.15) is 27.8 Å². The largest absolute Gasteiger partial charge is 0.309 e. The number of aryl methyl sites for hydroxylation is 1. The third-order valence-electron chi connectivity index (χ3n) is 11.9. The minimum Gasteiger partial charge on any atom is -0.309 e. The fourth-order valence-electron chi connectivity index (χ4n) is 9.55. The summed E-state index contributed by atoms with van der Waals surface area (Å²) < 4.78 is 2.58. The van der Waals surface area contributed by atoms with Crippen molar-refractivity contribution >= 4 is 59.3 Å². The van der Waals surface area contributed by atoms with Gasteiger partial charge in [0.05, 0.1) is 16.8 Å². The van der Waals surface area contributed by atoms with Crippen molar-refractivity contribution in [2.45, 2.75) is 12.3 Å². The van der Waals surface area contributed by atoms with Gasteiger partial charge in [-0.1, -0.05) is 170 Å². The Morgan fingerprint density at radius 2 is 1.09 bits per heavy atom. The summed E-state index contributed by atoms with van der Waals surface area (Å²) >= 11 is 1.87. The molecule has 0 bridgehead atoms. The number of hydrogen-bond donors (Lipinski definition) is 0. The Morgan fingerprint density at radius 1 is 0.446 bits per heavy atom. The minimum atomic E-state index is -0.520. The number of benzene rings is 9. The number of anilines is 3. The van der Waals surface area contributed by atoms with Crippen LogP contribution < -0.4 is 4.90 Å². The maximum absolute atomic E-state index is 2.55. The van der Waals surface area contributed by atoms with Gasteiger partial charge in [-0.3, -0.25) is 0 Å². The van der Waals surface area contributed by atoms with Crippen LogP contribution in [0.15, 0.2) is 206 Å². The first-order valence-electron chi connectivity index (χ1n) is 19.4. The normalized spacial score (nSPS) is 12.9. The molecule has 2 heteroatoms. The predicted octanol–water partition coefficient (Wildman–Crippen LogP) is 15.0. The molecule has 0 atom stereocenters. The second-order valence-electron chi connectivity index (χ2n) is 14.8. The van der Waals surface area contributed by atoms with Crippen molar-refractivity contribution in [3.8, 4) is 22.3 Å². The Morgan fingerprint density at radius 3 is 1.86 bits per heavy atom. The van der Waals surface area contributed by atoms with Gasteiger partial charge in [0, 0.05) is 31.4 Å². The van der Waals surface area contributed by atoms with Crippen LogP contribution in [0, 0.1) is 6.92 Å². The molecule has 1 nitrogen and oxygen atoms in total. The van der Waals surface area contributed by atoms with Gasteiger partial charge in [0.15, 0.2) is 0 Å². The van der Waals surface area contributed by atoms with Gasteiger partial charge >= 0.3 is 0 Å². The van der Waals surface area contributed by atoms with Gasteiger partial charge in [-0.15, -0.1) is 11.3 Å². The van der Waals surface area contributed by atoms with Crippen molar-refractivity contribution in [3.63, 3.8) is 0 Å². The van der Waals surface area contributed by atoms with Crippen LogP contribution in [0.3, 0.4) is 0 Å². The van der Waals surface area contributed by atoms with Gasteiger partial charge in [0.1, 0.15) is 0 Å².